The number of hydrogen-bond donors (Lipinski definition) is 1. The van der Waals surface area contributed by atoms with Crippen molar-refractivity contribution in [3.63, 3.8) is 0 Å². The van der Waals surface area contributed by atoms with Crippen molar-refractivity contribution in [2.24, 2.45) is 0 Å². The number of carbonyl (C=O) groups is 1. The Morgan fingerprint density at radius 3 is 2.55 bits per heavy atom. The molecule has 0 aromatic heterocycles. The van der Waals surface area contributed by atoms with Crippen LogP contribution in [0, 0.1) is 0 Å². The fourth-order valence-corrected chi connectivity index (χ4v) is 1.27. The van der Waals surface area contributed by atoms with E-state index in [1.165, 1.54) is 6.92 Å². The Hall–Kier alpha value is -0.440. The maximum Gasteiger partial charge on any atom is 0.217 e. The first-order valence-corrected chi connectivity index (χ1v) is 4.56. The first kappa shape index (κ1) is 10.6. The summed E-state index contributed by atoms with van der Waals surface area (Å²) >= 11 is 1.67. The van der Waals surface area contributed by atoms with Gasteiger partial charge in [0.1, 0.15) is 0 Å². The van der Waals surface area contributed by atoms with Gasteiger partial charge in [-0.15, -0.1) is 11.8 Å². The molecule has 2 nitrogen and oxygen atoms in total. The fourth-order valence-electron chi connectivity index (χ4n) is 0.656. The Bertz CT molecular complexity index is 156. The molecule has 0 spiro atoms. The van der Waals surface area contributed by atoms with E-state index in [0.717, 1.165) is 10.7 Å². The summed E-state index contributed by atoms with van der Waals surface area (Å²) in [5, 5.41) is 2.80. The second-order valence-electron chi connectivity index (χ2n) is 2.61. The van der Waals surface area contributed by atoms with Gasteiger partial charge in [0.25, 0.3) is 0 Å². The van der Waals surface area contributed by atoms with Gasteiger partial charge in [0.15, 0.2) is 0 Å². The van der Waals surface area contributed by atoms with Crippen LogP contribution in [-0.4, -0.2) is 17.7 Å². The minimum atomic E-state index is 0.0276. The predicted molar refractivity (Wildman–Crippen MR) is 50.6 cm³/mol. The lowest BCUT2D eigenvalue weighted by Gasteiger charge is -2.10. The van der Waals surface area contributed by atoms with Crippen molar-refractivity contribution in [3.8, 4) is 0 Å². The molecule has 0 aliphatic carbocycles. The first-order valence-electron chi connectivity index (χ1n) is 3.57. The van der Waals surface area contributed by atoms with Crippen molar-refractivity contribution in [1.29, 1.82) is 0 Å². The Morgan fingerprint density at radius 1 is 1.64 bits per heavy atom. The molecule has 0 fully saturated rings. The molecule has 3 heteroatoms. The van der Waals surface area contributed by atoms with Gasteiger partial charge in [-0.1, -0.05) is 6.58 Å². The minimum Gasteiger partial charge on any atom is -0.353 e. The first-order chi connectivity index (χ1) is 5.02. The molecule has 1 unspecified atom stereocenters. The number of thioether (sulfide) groups is 1. The van der Waals surface area contributed by atoms with Crippen LogP contribution < -0.4 is 5.32 Å². The van der Waals surface area contributed by atoms with Gasteiger partial charge in [-0.05, 0) is 18.8 Å². The zero-order valence-electron chi connectivity index (χ0n) is 7.31. The van der Waals surface area contributed by atoms with Crippen LogP contribution >= 0.6 is 11.8 Å². The predicted octanol–water partition coefficient (Wildman–Crippen LogP) is 1.78. The standard InChI is InChI=1S/C8H15NOS/c1-6(2)11-5-7(3)9-8(4)10/h7H,1,5H2,2-4H3,(H,9,10). The smallest absolute Gasteiger partial charge is 0.217 e. The van der Waals surface area contributed by atoms with Crippen molar-refractivity contribution >= 4 is 17.7 Å². The summed E-state index contributed by atoms with van der Waals surface area (Å²) in [5.74, 6) is 0.925. The molecule has 0 rings (SSSR count). The van der Waals surface area contributed by atoms with Gasteiger partial charge in [-0.3, -0.25) is 4.79 Å². The maximum absolute atomic E-state index is 10.6. The van der Waals surface area contributed by atoms with E-state index in [0.29, 0.717) is 0 Å². The van der Waals surface area contributed by atoms with E-state index in [1.54, 1.807) is 11.8 Å². The molecule has 1 atom stereocenters. The van der Waals surface area contributed by atoms with Gasteiger partial charge in [0.2, 0.25) is 5.91 Å². The SMILES string of the molecule is C=C(C)SCC(C)NC(C)=O. The molecule has 1 amide bonds. The van der Waals surface area contributed by atoms with E-state index in [4.69, 9.17) is 0 Å². The molecule has 11 heavy (non-hydrogen) atoms. The van der Waals surface area contributed by atoms with Crippen LogP contribution in [0.2, 0.25) is 0 Å². The number of amides is 1. The Kier molecular flexibility index (Phi) is 5.03. The van der Waals surface area contributed by atoms with Crippen molar-refractivity contribution in [1.82, 2.24) is 5.32 Å². The lowest BCUT2D eigenvalue weighted by atomic mass is 10.4. The second kappa shape index (κ2) is 5.24. The lowest BCUT2D eigenvalue weighted by Crippen LogP contribution is -2.32. The zero-order valence-corrected chi connectivity index (χ0v) is 8.12. The summed E-state index contributed by atoms with van der Waals surface area (Å²) in [4.78, 5) is 11.6. The highest BCUT2D eigenvalue weighted by Crippen LogP contribution is 2.12. The van der Waals surface area contributed by atoms with Gasteiger partial charge < -0.3 is 5.32 Å². The van der Waals surface area contributed by atoms with E-state index in [-0.39, 0.29) is 11.9 Å². The van der Waals surface area contributed by atoms with Crippen molar-refractivity contribution in [2.75, 3.05) is 5.75 Å². The average molecular weight is 173 g/mol. The molecule has 0 bridgehead atoms. The van der Waals surface area contributed by atoms with Gasteiger partial charge in [-0.25, -0.2) is 0 Å². The summed E-state index contributed by atoms with van der Waals surface area (Å²) in [6.45, 7) is 9.23. The molecule has 0 aliphatic rings. The van der Waals surface area contributed by atoms with Crippen molar-refractivity contribution < 1.29 is 4.79 Å². The lowest BCUT2D eigenvalue weighted by molar-refractivity contribution is -0.119. The zero-order chi connectivity index (χ0) is 8.85. The van der Waals surface area contributed by atoms with Crippen molar-refractivity contribution in [3.05, 3.63) is 11.5 Å². The van der Waals surface area contributed by atoms with E-state index in [2.05, 4.69) is 11.9 Å². The minimum absolute atomic E-state index is 0.0276. The topological polar surface area (TPSA) is 29.1 Å². The van der Waals surface area contributed by atoms with Gasteiger partial charge in [0.05, 0.1) is 0 Å². The average Bonchev–Trinajstić information content (AvgIpc) is 1.82. The maximum atomic E-state index is 10.6. The Labute approximate surface area is 72.4 Å². The van der Waals surface area contributed by atoms with Crippen LogP contribution in [0.25, 0.3) is 0 Å². The normalized spacial score (nSPS) is 12.3. The molecule has 0 aliphatic heterocycles. The van der Waals surface area contributed by atoms with E-state index < -0.39 is 0 Å². The summed E-state index contributed by atoms with van der Waals surface area (Å²) in [6.07, 6.45) is 0. The molecule has 0 aromatic rings. The largest absolute Gasteiger partial charge is 0.353 e. The Morgan fingerprint density at radius 2 is 2.18 bits per heavy atom. The van der Waals surface area contributed by atoms with Crippen LogP contribution in [0.3, 0.4) is 0 Å². The van der Waals surface area contributed by atoms with Gasteiger partial charge >= 0.3 is 0 Å². The molecule has 0 saturated heterocycles. The molecular weight excluding hydrogens is 158 g/mol. The second-order valence-corrected chi connectivity index (χ2v) is 3.93. The van der Waals surface area contributed by atoms with Crippen LogP contribution in [0.5, 0.6) is 0 Å². The van der Waals surface area contributed by atoms with Crippen LogP contribution in [0.15, 0.2) is 11.5 Å². The summed E-state index contributed by atoms with van der Waals surface area (Å²) < 4.78 is 0. The summed E-state index contributed by atoms with van der Waals surface area (Å²) in [6, 6.07) is 0.231. The quantitative estimate of drug-likeness (QED) is 0.702. The van der Waals surface area contributed by atoms with E-state index >= 15 is 0 Å². The van der Waals surface area contributed by atoms with Gasteiger partial charge in [-0.2, -0.15) is 0 Å². The highest BCUT2D eigenvalue weighted by molar-refractivity contribution is 8.03. The summed E-state index contributed by atoms with van der Waals surface area (Å²) in [7, 11) is 0. The van der Waals surface area contributed by atoms with Crippen molar-refractivity contribution in [2.45, 2.75) is 26.8 Å². The number of hydrogen-bond acceptors (Lipinski definition) is 2. The highest BCUT2D eigenvalue weighted by Gasteiger charge is 2.02. The molecule has 0 radical (unpaired) electrons. The van der Waals surface area contributed by atoms with Crippen LogP contribution in [0.4, 0.5) is 0 Å². The summed E-state index contributed by atoms with van der Waals surface area (Å²) in [5.41, 5.74) is 0. The van der Waals surface area contributed by atoms with E-state index in [1.807, 2.05) is 13.8 Å². The molecule has 1 N–H and O–H groups in total. The van der Waals surface area contributed by atoms with Crippen LogP contribution in [0.1, 0.15) is 20.8 Å². The molecular formula is C8H15NOS. The number of carbonyl (C=O) groups excluding carboxylic acids is 1. The molecule has 0 heterocycles. The number of rotatable bonds is 4. The number of nitrogens with one attached hydrogen (secondary N) is 1. The van der Waals surface area contributed by atoms with Crippen LogP contribution in [-0.2, 0) is 4.79 Å². The third-order valence-electron chi connectivity index (χ3n) is 1.03. The third-order valence-corrected chi connectivity index (χ3v) is 2.19. The van der Waals surface area contributed by atoms with Gasteiger partial charge in [0, 0.05) is 18.7 Å². The molecule has 0 aromatic carbocycles. The molecule has 0 saturated carbocycles. The number of allylic oxidation sites excluding steroid dienone is 1. The van der Waals surface area contributed by atoms with E-state index in [9.17, 15) is 4.79 Å². The highest BCUT2D eigenvalue weighted by atomic mass is 32.2. The monoisotopic (exact) mass is 173 g/mol. The Balaban J connectivity index is 3.44. The fraction of sp³-hybridized carbons (Fsp3) is 0.625. The third kappa shape index (κ3) is 7.46. The molecule has 64 valence electrons.